The topological polar surface area (TPSA) is 34.2 Å². The van der Waals surface area contributed by atoms with Gasteiger partial charge in [-0.05, 0) is 34.8 Å². The number of rotatable bonds is 5. The number of hydrogen-bond acceptors (Lipinski definition) is 3. The monoisotopic (exact) mass is 352 g/mol. The Morgan fingerprint density at radius 2 is 2.05 bits per heavy atom. The van der Waals surface area contributed by atoms with E-state index < -0.39 is 11.7 Å². The predicted molar refractivity (Wildman–Crippen MR) is 73.6 cm³/mol. The molecule has 1 saturated carbocycles. The van der Waals surface area contributed by atoms with E-state index in [0.717, 1.165) is 18.9 Å². The third-order valence-corrected chi connectivity index (χ3v) is 3.64. The van der Waals surface area contributed by atoms with E-state index in [-0.39, 0.29) is 11.9 Å². The van der Waals surface area contributed by atoms with Crippen LogP contribution in [0.1, 0.15) is 31.2 Å². The van der Waals surface area contributed by atoms with Crippen molar-refractivity contribution in [2.75, 3.05) is 18.5 Å². The highest BCUT2D eigenvalue weighted by molar-refractivity contribution is 9.10. The molecule has 1 aliphatic carbocycles. The van der Waals surface area contributed by atoms with Crippen molar-refractivity contribution in [3.63, 3.8) is 0 Å². The lowest BCUT2D eigenvalue weighted by Crippen LogP contribution is -2.18. The highest BCUT2D eigenvalue weighted by Gasteiger charge is 2.34. The molecule has 1 aliphatic rings. The minimum Gasteiger partial charge on any atom is -0.376 e. The summed E-state index contributed by atoms with van der Waals surface area (Å²) in [6, 6.07) is 1.02. The van der Waals surface area contributed by atoms with E-state index in [1.165, 1.54) is 19.0 Å². The van der Waals surface area contributed by atoms with Gasteiger partial charge in [0.25, 0.3) is 0 Å². The van der Waals surface area contributed by atoms with Crippen molar-refractivity contribution in [3.05, 3.63) is 22.3 Å². The molecule has 1 aromatic heterocycles. The quantitative estimate of drug-likeness (QED) is 0.805. The minimum absolute atomic E-state index is 0.157. The molecule has 112 valence electrons. The third kappa shape index (κ3) is 4.34. The van der Waals surface area contributed by atoms with Crippen LogP contribution in [0.15, 0.2) is 16.7 Å². The van der Waals surface area contributed by atoms with Crippen molar-refractivity contribution < 1.29 is 17.9 Å². The molecule has 20 heavy (non-hydrogen) atoms. The fourth-order valence-corrected chi connectivity index (χ4v) is 2.58. The summed E-state index contributed by atoms with van der Waals surface area (Å²) in [7, 11) is 0. The fourth-order valence-electron chi connectivity index (χ4n) is 2.25. The molecule has 1 fully saturated rings. The molecule has 1 heterocycles. The zero-order chi connectivity index (χ0) is 14.6. The summed E-state index contributed by atoms with van der Waals surface area (Å²) in [4.78, 5) is 3.78. The normalized spacial score (nSPS) is 16.6. The van der Waals surface area contributed by atoms with Crippen LogP contribution in [0.3, 0.4) is 0 Å². The number of alkyl halides is 3. The maximum absolute atomic E-state index is 12.9. The number of pyridine rings is 1. The zero-order valence-electron chi connectivity index (χ0n) is 10.8. The Balaban J connectivity index is 1.88. The van der Waals surface area contributed by atoms with Gasteiger partial charge >= 0.3 is 6.18 Å². The van der Waals surface area contributed by atoms with E-state index in [4.69, 9.17) is 4.74 Å². The summed E-state index contributed by atoms with van der Waals surface area (Å²) in [6.45, 7) is 0.702. The number of aromatic nitrogens is 1. The van der Waals surface area contributed by atoms with Gasteiger partial charge in [-0.25, -0.2) is 4.98 Å². The summed E-state index contributed by atoms with van der Waals surface area (Å²) in [6.07, 6.45) is 1.61. The summed E-state index contributed by atoms with van der Waals surface area (Å²) < 4.78 is 44.4. The third-order valence-electron chi connectivity index (χ3n) is 3.21. The molecule has 1 N–H and O–H groups in total. The van der Waals surface area contributed by atoms with Crippen molar-refractivity contribution in [1.29, 1.82) is 0 Å². The van der Waals surface area contributed by atoms with Crippen LogP contribution in [0.2, 0.25) is 0 Å². The molecular formula is C13H16BrF3N2O. The Bertz CT molecular complexity index is 448. The molecule has 0 spiro atoms. The van der Waals surface area contributed by atoms with Gasteiger partial charge < -0.3 is 10.1 Å². The van der Waals surface area contributed by atoms with E-state index in [2.05, 4.69) is 26.2 Å². The highest BCUT2D eigenvalue weighted by atomic mass is 79.9. The standard InChI is InChI=1S/C13H16BrF3N2O/c14-9-7-11(13(15,16)17)12(19-8-9)18-5-6-20-10-3-1-2-4-10/h7-8,10H,1-6H2,(H,18,19). The van der Waals surface area contributed by atoms with Crippen LogP contribution < -0.4 is 5.32 Å². The van der Waals surface area contributed by atoms with Gasteiger partial charge in [-0.1, -0.05) is 12.8 Å². The summed E-state index contributed by atoms with van der Waals surface area (Å²) in [5, 5.41) is 2.69. The van der Waals surface area contributed by atoms with Gasteiger partial charge in [0, 0.05) is 17.2 Å². The maximum atomic E-state index is 12.9. The Hall–Kier alpha value is -0.820. The smallest absolute Gasteiger partial charge is 0.376 e. The molecule has 0 aliphatic heterocycles. The first-order valence-corrected chi connectivity index (χ1v) is 7.34. The molecule has 0 unspecified atom stereocenters. The second-order valence-corrected chi connectivity index (χ2v) is 5.67. The van der Waals surface area contributed by atoms with Gasteiger partial charge in [0.05, 0.1) is 18.3 Å². The van der Waals surface area contributed by atoms with Crippen LogP contribution in [0.4, 0.5) is 19.0 Å². The van der Waals surface area contributed by atoms with E-state index in [9.17, 15) is 13.2 Å². The van der Waals surface area contributed by atoms with Crippen LogP contribution in [-0.2, 0) is 10.9 Å². The predicted octanol–water partition coefficient (Wildman–Crippen LogP) is 4.23. The largest absolute Gasteiger partial charge is 0.419 e. The lowest BCUT2D eigenvalue weighted by atomic mass is 10.2. The molecule has 1 aromatic rings. The Labute approximate surface area is 124 Å². The Kier molecular flexibility index (Phi) is 5.26. The maximum Gasteiger partial charge on any atom is 0.419 e. The van der Waals surface area contributed by atoms with Crippen molar-refractivity contribution >= 4 is 21.7 Å². The number of hydrogen-bond donors (Lipinski definition) is 1. The zero-order valence-corrected chi connectivity index (χ0v) is 12.4. The first kappa shape index (κ1) is 15.6. The van der Waals surface area contributed by atoms with Gasteiger partial charge in [-0.3, -0.25) is 0 Å². The Morgan fingerprint density at radius 3 is 2.70 bits per heavy atom. The number of nitrogens with one attached hydrogen (secondary N) is 1. The molecule has 0 bridgehead atoms. The summed E-state index contributed by atoms with van der Waals surface area (Å²) in [5.41, 5.74) is -0.771. The SMILES string of the molecule is FC(F)(F)c1cc(Br)cnc1NCCOC1CCCC1. The first-order chi connectivity index (χ1) is 9.47. The molecular weight excluding hydrogens is 337 g/mol. The van der Waals surface area contributed by atoms with Gasteiger partial charge in [-0.2, -0.15) is 13.2 Å². The molecule has 7 heteroatoms. The highest BCUT2D eigenvalue weighted by Crippen LogP contribution is 2.35. The van der Waals surface area contributed by atoms with Gasteiger partial charge in [0.1, 0.15) is 5.82 Å². The van der Waals surface area contributed by atoms with Crippen molar-refractivity contribution in [1.82, 2.24) is 4.98 Å². The lowest BCUT2D eigenvalue weighted by molar-refractivity contribution is -0.137. The van der Waals surface area contributed by atoms with Crippen LogP contribution in [0, 0.1) is 0 Å². The summed E-state index contributed by atoms with van der Waals surface area (Å²) in [5.74, 6) is -0.157. The molecule has 0 saturated heterocycles. The van der Waals surface area contributed by atoms with Gasteiger partial charge in [-0.15, -0.1) is 0 Å². The van der Waals surface area contributed by atoms with E-state index in [1.807, 2.05) is 0 Å². The molecule has 0 amide bonds. The van der Waals surface area contributed by atoms with Crippen LogP contribution in [0.25, 0.3) is 0 Å². The molecule has 3 nitrogen and oxygen atoms in total. The van der Waals surface area contributed by atoms with E-state index in [1.54, 1.807) is 0 Å². The second kappa shape index (κ2) is 6.76. The number of nitrogens with zero attached hydrogens (tertiary/aromatic N) is 1. The number of ether oxygens (including phenoxy) is 1. The minimum atomic E-state index is -4.43. The molecule has 0 radical (unpaired) electrons. The van der Waals surface area contributed by atoms with Crippen LogP contribution in [0.5, 0.6) is 0 Å². The second-order valence-electron chi connectivity index (χ2n) is 4.75. The average molecular weight is 353 g/mol. The average Bonchev–Trinajstić information content (AvgIpc) is 2.88. The number of anilines is 1. The molecule has 0 aromatic carbocycles. The lowest BCUT2D eigenvalue weighted by Gasteiger charge is -2.15. The van der Waals surface area contributed by atoms with Crippen LogP contribution in [-0.4, -0.2) is 24.2 Å². The van der Waals surface area contributed by atoms with Gasteiger partial charge in [0.2, 0.25) is 0 Å². The van der Waals surface area contributed by atoms with E-state index >= 15 is 0 Å². The first-order valence-electron chi connectivity index (χ1n) is 6.55. The Morgan fingerprint density at radius 1 is 1.35 bits per heavy atom. The fraction of sp³-hybridized carbons (Fsp3) is 0.615. The molecule has 2 rings (SSSR count). The van der Waals surface area contributed by atoms with Crippen LogP contribution >= 0.6 is 15.9 Å². The van der Waals surface area contributed by atoms with Crippen molar-refractivity contribution in [3.8, 4) is 0 Å². The van der Waals surface area contributed by atoms with Crippen molar-refractivity contribution in [2.45, 2.75) is 38.0 Å². The summed E-state index contributed by atoms with van der Waals surface area (Å²) >= 11 is 3.00. The van der Waals surface area contributed by atoms with Crippen molar-refractivity contribution in [2.24, 2.45) is 0 Å². The molecule has 0 atom stereocenters. The van der Waals surface area contributed by atoms with E-state index in [0.29, 0.717) is 17.6 Å². The number of halogens is 4. The van der Waals surface area contributed by atoms with Gasteiger partial charge in [0.15, 0.2) is 0 Å².